The first-order valence-electron chi connectivity index (χ1n) is 8.50. The highest BCUT2D eigenvalue weighted by Crippen LogP contribution is 2.19. The van der Waals surface area contributed by atoms with Gasteiger partial charge in [-0.25, -0.2) is 9.97 Å². The first-order valence-corrected chi connectivity index (χ1v) is 8.50. The Labute approximate surface area is 147 Å². The summed E-state index contributed by atoms with van der Waals surface area (Å²) in [4.78, 5) is 23.3. The van der Waals surface area contributed by atoms with Crippen LogP contribution in [0, 0.1) is 13.8 Å². The van der Waals surface area contributed by atoms with Gasteiger partial charge in [0.05, 0.1) is 5.56 Å². The third-order valence-corrected chi connectivity index (χ3v) is 4.40. The quantitative estimate of drug-likeness (QED) is 0.896. The van der Waals surface area contributed by atoms with Crippen molar-refractivity contribution in [1.29, 1.82) is 0 Å². The predicted molar refractivity (Wildman–Crippen MR) is 93.6 cm³/mol. The number of anilines is 1. The lowest BCUT2D eigenvalue weighted by Crippen LogP contribution is -2.45. The fourth-order valence-corrected chi connectivity index (χ4v) is 3.14. The number of hydrogen-bond acceptors (Lipinski definition) is 6. The molecule has 1 aliphatic heterocycles. The molecule has 0 aromatic carbocycles. The van der Waals surface area contributed by atoms with Crippen LogP contribution in [0.5, 0.6) is 0 Å². The number of aryl methyl sites for hydroxylation is 2. The molecule has 1 fully saturated rings. The minimum Gasteiger partial charge on any atom is -0.466 e. The maximum absolute atomic E-state index is 12.4. The van der Waals surface area contributed by atoms with Crippen LogP contribution in [0.4, 0.5) is 5.82 Å². The fourth-order valence-electron chi connectivity index (χ4n) is 3.14. The molecular weight excluding hydrogens is 320 g/mol. The number of hydrogen-bond donors (Lipinski definition) is 1. The van der Waals surface area contributed by atoms with Crippen LogP contribution in [0.2, 0.25) is 0 Å². The van der Waals surface area contributed by atoms with Crippen molar-refractivity contribution in [3.05, 3.63) is 41.2 Å². The van der Waals surface area contributed by atoms with Gasteiger partial charge in [0.2, 0.25) is 0 Å². The molecule has 7 nitrogen and oxygen atoms in total. The number of aromatic nitrogens is 2. The van der Waals surface area contributed by atoms with Crippen molar-refractivity contribution in [2.75, 3.05) is 25.1 Å². The Kier molecular flexibility index (Phi) is 5.33. The van der Waals surface area contributed by atoms with E-state index < -0.39 is 0 Å². The summed E-state index contributed by atoms with van der Waals surface area (Å²) in [7, 11) is 1.63. The first kappa shape index (κ1) is 17.4. The molecule has 2 aromatic rings. The van der Waals surface area contributed by atoms with Crippen molar-refractivity contribution in [1.82, 2.24) is 15.3 Å². The van der Waals surface area contributed by atoms with Crippen LogP contribution in [0.3, 0.4) is 0 Å². The molecule has 1 N–H and O–H groups in total. The number of methoxy groups -OCH3 is 1. The second-order valence-electron chi connectivity index (χ2n) is 6.33. The van der Waals surface area contributed by atoms with Crippen LogP contribution in [0.1, 0.15) is 40.5 Å². The van der Waals surface area contributed by atoms with Crippen LogP contribution in [-0.4, -0.2) is 42.1 Å². The Morgan fingerprint density at radius 2 is 2.16 bits per heavy atom. The number of piperidine rings is 1. The number of amides is 1. The van der Waals surface area contributed by atoms with Gasteiger partial charge >= 0.3 is 0 Å². The number of carbonyl (C=O) groups is 1. The minimum absolute atomic E-state index is 0.0581. The monoisotopic (exact) mass is 344 g/mol. The van der Waals surface area contributed by atoms with Crippen molar-refractivity contribution in [2.45, 2.75) is 39.3 Å². The lowest BCUT2D eigenvalue weighted by molar-refractivity contribution is 0.0929. The lowest BCUT2D eigenvalue weighted by atomic mass is 10.0. The number of nitrogens with zero attached hydrogens (tertiary/aromatic N) is 3. The first-order chi connectivity index (χ1) is 12.1. The summed E-state index contributed by atoms with van der Waals surface area (Å²) in [5.74, 6) is 2.96. The van der Waals surface area contributed by atoms with Crippen LogP contribution in [-0.2, 0) is 11.3 Å². The van der Waals surface area contributed by atoms with E-state index in [1.165, 1.54) is 0 Å². The van der Waals surface area contributed by atoms with Crippen LogP contribution < -0.4 is 10.2 Å². The van der Waals surface area contributed by atoms with Gasteiger partial charge in [-0.1, -0.05) is 0 Å². The molecule has 1 aliphatic rings. The third kappa shape index (κ3) is 4.17. The van der Waals surface area contributed by atoms with E-state index in [0.717, 1.165) is 37.5 Å². The number of carbonyl (C=O) groups excluding carboxylic acids is 1. The molecule has 7 heteroatoms. The molecule has 0 bridgehead atoms. The van der Waals surface area contributed by atoms with E-state index in [-0.39, 0.29) is 11.9 Å². The van der Waals surface area contributed by atoms with E-state index >= 15 is 0 Å². The van der Waals surface area contributed by atoms with E-state index in [4.69, 9.17) is 9.15 Å². The molecule has 2 aromatic heterocycles. The van der Waals surface area contributed by atoms with Gasteiger partial charge in [0, 0.05) is 32.4 Å². The van der Waals surface area contributed by atoms with Gasteiger partial charge in [-0.05, 0) is 38.8 Å². The van der Waals surface area contributed by atoms with Gasteiger partial charge in [0.1, 0.15) is 23.9 Å². The zero-order valence-corrected chi connectivity index (χ0v) is 14.9. The van der Waals surface area contributed by atoms with E-state index in [9.17, 15) is 4.79 Å². The second-order valence-corrected chi connectivity index (χ2v) is 6.33. The van der Waals surface area contributed by atoms with Crippen LogP contribution in [0.25, 0.3) is 0 Å². The number of ether oxygens (including phenoxy) is 1. The van der Waals surface area contributed by atoms with Gasteiger partial charge in [-0.3, -0.25) is 4.79 Å². The van der Waals surface area contributed by atoms with E-state index in [0.29, 0.717) is 23.8 Å². The maximum atomic E-state index is 12.4. The number of nitrogens with one attached hydrogen (secondary N) is 1. The van der Waals surface area contributed by atoms with Crippen LogP contribution >= 0.6 is 0 Å². The normalized spacial score (nSPS) is 15.4. The summed E-state index contributed by atoms with van der Waals surface area (Å²) in [5, 5.41) is 3.11. The smallest absolute Gasteiger partial charge is 0.255 e. The Morgan fingerprint density at radius 3 is 2.80 bits per heavy atom. The highest BCUT2D eigenvalue weighted by molar-refractivity contribution is 5.95. The molecule has 0 saturated carbocycles. The van der Waals surface area contributed by atoms with Crippen molar-refractivity contribution in [3.8, 4) is 0 Å². The molecule has 134 valence electrons. The second kappa shape index (κ2) is 7.65. The average Bonchev–Trinajstić information content (AvgIpc) is 2.95. The Balaban J connectivity index is 1.56. The van der Waals surface area contributed by atoms with E-state index in [1.807, 2.05) is 19.9 Å². The lowest BCUT2D eigenvalue weighted by Gasteiger charge is -2.33. The Hall–Kier alpha value is -2.41. The van der Waals surface area contributed by atoms with Gasteiger partial charge in [-0.2, -0.15) is 0 Å². The van der Waals surface area contributed by atoms with Crippen molar-refractivity contribution in [3.63, 3.8) is 0 Å². The molecule has 0 atom stereocenters. The molecule has 25 heavy (non-hydrogen) atoms. The molecule has 1 saturated heterocycles. The zero-order chi connectivity index (χ0) is 17.8. The molecular formula is C18H24N4O3. The van der Waals surface area contributed by atoms with Gasteiger partial charge in [0.25, 0.3) is 5.91 Å². The molecule has 3 heterocycles. The van der Waals surface area contributed by atoms with Crippen molar-refractivity contribution in [2.24, 2.45) is 0 Å². The summed E-state index contributed by atoms with van der Waals surface area (Å²) >= 11 is 0. The van der Waals surface area contributed by atoms with Gasteiger partial charge in [-0.15, -0.1) is 0 Å². The standard InChI is InChI=1S/C18H24N4O3/c1-12-10-15(13(2)25-12)18(23)20-14-5-8-22(9-6-14)17-4-7-19-16(21-17)11-24-3/h4,7,10,14H,5-6,8-9,11H2,1-3H3,(H,20,23). The SMILES string of the molecule is COCc1nccc(N2CCC(NC(=O)c3cc(C)oc3C)CC2)n1. The zero-order valence-electron chi connectivity index (χ0n) is 14.9. The topological polar surface area (TPSA) is 80.5 Å². The molecule has 0 unspecified atom stereocenters. The average molecular weight is 344 g/mol. The number of rotatable bonds is 5. The molecule has 0 radical (unpaired) electrons. The van der Waals surface area contributed by atoms with Crippen molar-refractivity contribution >= 4 is 11.7 Å². The van der Waals surface area contributed by atoms with Gasteiger partial charge in [0.15, 0.2) is 5.82 Å². The highest BCUT2D eigenvalue weighted by Gasteiger charge is 2.23. The minimum atomic E-state index is -0.0581. The van der Waals surface area contributed by atoms with Crippen molar-refractivity contribution < 1.29 is 13.9 Å². The third-order valence-electron chi connectivity index (χ3n) is 4.40. The van der Waals surface area contributed by atoms with Crippen LogP contribution in [0.15, 0.2) is 22.7 Å². The molecule has 3 rings (SSSR count). The highest BCUT2D eigenvalue weighted by atomic mass is 16.5. The largest absolute Gasteiger partial charge is 0.466 e. The predicted octanol–water partition coefficient (Wildman–Crippen LogP) is 2.23. The molecule has 0 spiro atoms. The summed E-state index contributed by atoms with van der Waals surface area (Å²) in [5.41, 5.74) is 0.625. The summed E-state index contributed by atoms with van der Waals surface area (Å²) in [6, 6.07) is 3.87. The number of furan rings is 1. The van der Waals surface area contributed by atoms with E-state index in [2.05, 4.69) is 20.2 Å². The van der Waals surface area contributed by atoms with Gasteiger partial charge < -0.3 is 19.4 Å². The molecule has 1 amide bonds. The summed E-state index contributed by atoms with van der Waals surface area (Å²) in [6.45, 7) is 5.76. The van der Waals surface area contributed by atoms with E-state index in [1.54, 1.807) is 19.4 Å². The molecule has 0 aliphatic carbocycles. The Bertz CT molecular complexity index is 736. The maximum Gasteiger partial charge on any atom is 0.255 e. The summed E-state index contributed by atoms with van der Waals surface area (Å²) in [6.07, 6.45) is 3.52. The fraction of sp³-hybridized carbons (Fsp3) is 0.500. The summed E-state index contributed by atoms with van der Waals surface area (Å²) < 4.78 is 10.5. The Morgan fingerprint density at radius 1 is 1.40 bits per heavy atom.